The molecule has 1 saturated heterocycles. The molecule has 1 fully saturated rings. The summed E-state index contributed by atoms with van der Waals surface area (Å²) < 4.78 is 0. The first-order valence-corrected chi connectivity index (χ1v) is 43.9. The van der Waals surface area contributed by atoms with Gasteiger partial charge in [0, 0.05) is 71.4 Å². The van der Waals surface area contributed by atoms with E-state index in [0.717, 1.165) is 13.8 Å². The number of aromatic hydroxyl groups is 2. The molecule has 25 N–H and O–H groups in total. The second-order valence-electron chi connectivity index (χ2n) is 34.2. The number of carbonyl (C=O) groups excluding carboxylic acids is 14. The summed E-state index contributed by atoms with van der Waals surface area (Å²) in [6.07, 6.45) is 4.01. The van der Waals surface area contributed by atoms with Crippen molar-refractivity contribution in [3.05, 3.63) is 132 Å². The number of phenolic OH excluding ortho intramolecular Hbond substituents is 2. The van der Waals surface area contributed by atoms with Gasteiger partial charge in [0.05, 0.1) is 37.1 Å². The Morgan fingerprint density at radius 3 is 1.26 bits per heavy atom. The number of phenols is 2. The number of aromatic nitrogens is 4. The van der Waals surface area contributed by atoms with E-state index in [1.165, 1.54) is 78.5 Å². The number of rotatable bonds is 52. The van der Waals surface area contributed by atoms with E-state index in [-0.39, 0.29) is 125 Å². The van der Waals surface area contributed by atoms with Crippen LogP contribution in [0.25, 0.3) is 0 Å². The number of aliphatic hydroxyl groups excluding tert-OH is 1. The normalized spacial score (nSPS) is 15.4. The molecule has 1 aliphatic rings. The first kappa shape index (κ1) is 109. The number of nitrogens with one attached hydrogen (secondary N) is 17. The van der Waals surface area contributed by atoms with Gasteiger partial charge in [-0.25, -0.2) is 14.8 Å². The molecule has 44 nitrogen and oxygen atoms in total. The molecule has 14 amide bonds. The van der Waals surface area contributed by atoms with Gasteiger partial charge in [0.1, 0.15) is 96.1 Å². The molecule has 44 heteroatoms. The summed E-state index contributed by atoms with van der Waals surface area (Å²) in [5.41, 5.74) is 7.41. The topological polar surface area (TPSA) is 690 Å². The molecule has 0 bridgehead atoms. The minimum Gasteiger partial charge on any atom is -0.508 e. The van der Waals surface area contributed by atoms with E-state index >= 15 is 28.8 Å². The summed E-state index contributed by atoms with van der Waals surface area (Å²) in [6.45, 7) is 18.0. The Hall–Kier alpha value is -14.1. The van der Waals surface area contributed by atoms with Gasteiger partial charge < -0.3 is 126 Å². The van der Waals surface area contributed by atoms with Crippen molar-refractivity contribution in [3.63, 3.8) is 0 Å². The molecule has 0 saturated carbocycles. The number of hydrogen-bond acceptors (Lipinski definition) is 23. The third kappa shape index (κ3) is 37.7. The van der Waals surface area contributed by atoms with Crippen molar-refractivity contribution in [2.24, 2.45) is 35.3 Å². The van der Waals surface area contributed by atoms with Crippen LogP contribution in [0.1, 0.15) is 163 Å². The van der Waals surface area contributed by atoms with Gasteiger partial charge in [-0.3, -0.25) is 82.1 Å². The summed E-state index contributed by atoms with van der Waals surface area (Å²) >= 11 is 0. The van der Waals surface area contributed by atoms with E-state index in [2.05, 4.69) is 94.4 Å². The molecule has 0 spiro atoms. The van der Waals surface area contributed by atoms with Crippen LogP contribution in [0.15, 0.2) is 104 Å². The predicted octanol–water partition coefficient (Wildman–Crippen LogP) is -1.27. The molecule has 3 heterocycles. The molecule has 3 aromatic carbocycles. The molecule has 6 rings (SSSR count). The summed E-state index contributed by atoms with van der Waals surface area (Å²) in [7, 11) is 0. The Balaban J connectivity index is 0.00000765. The van der Waals surface area contributed by atoms with E-state index in [9.17, 15) is 73.5 Å². The third-order valence-corrected chi connectivity index (χ3v) is 21.4. The molecule has 0 aliphatic carbocycles. The van der Waals surface area contributed by atoms with Crippen molar-refractivity contribution in [2.45, 2.75) is 251 Å². The van der Waals surface area contributed by atoms with Crippen LogP contribution in [0, 0.1) is 35.0 Å². The van der Waals surface area contributed by atoms with E-state index in [4.69, 9.17) is 21.0 Å². The molecule has 0 unspecified atom stereocenters. The number of nitrogens with zero attached hydrogens (tertiary/aromatic N) is 3. The first-order chi connectivity index (χ1) is 62.8. The second-order valence-corrected chi connectivity index (χ2v) is 34.2. The van der Waals surface area contributed by atoms with E-state index in [0.29, 0.717) is 16.7 Å². The number of aliphatic hydroxyl groups is 1. The minimum atomic E-state index is -1.74. The summed E-state index contributed by atoms with van der Waals surface area (Å²) in [4.78, 5) is 251. The SMILES string of the molecule is CC(=O)O.CC[C@H](C)[C@H](NC(=O)[C@H](Cc1ccc(O)cc1)NC(=O)[C@@H](NC(=O)[C@H](CCCNC(=N)N)NC(=O)[C@H](CC(=O)O)NC(C)=O)C(C)C)C(=O)N[C@@H](Cc1c[nH]cn1)C(=O)N1CCC[C@H]1C(=O)N[C@@H](Cc1ccccc1)C(=O)N[C@@H](Cc1c[nH]cn1)C(=O)N[C@@H](CC(C)C)C(=O)N[C@@H](CC(C)C)C(=O)N[C@H](C(=O)N[C@@H](Cc1ccc(O)cc1)C(=O)N[C@@H](CO)C(=O)O)C(C)C. The highest BCUT2D eigenvalue weighted by Crippen LogP contribution is 2.24. The van der Waals surface area contributed by atoms with Crippen LogP contribution >= 0.6 is 0 Å². The van der Waals surface area contributed by atoms with Crippen molar-refractivity contribution in [1.82, 2.24) is 99.3 Å². The van der Waals surface area contributed by atoms with Gasteiger partial charge in [-0.15, -0.1) is 0 Å². The monoisotopic (exact) mass is 1860 g/mol. The van der Waals surface area contributed by atoms with Crippen molar-refractivity contribution in [3.8, 4) is 11.5 Å². The van der Waals surface area contributed by atoms with Crippen LogP contribution in [0.2, 0.25) is 0 Å². The maximum absolute atomic E-state index is 15.4. The van der Waals surface area contributed by atoms with Crippen LogP contribution in [-0.2, 0) is 114 Å². The number of guanidine groups is 1. The van der Waals surface area contributed by atoms with Crippen LogP contribution in [0.5, 0.6) is 11.5 Å². The number of carboxylic acid groups (broad SMARTS) is 3. The van der Waals surface area contributed by atoms with Gasteiger partial charge in [-0.1, -0.05) is 130 Å². The fourth-order valence-corrected chi connectivity index (χ4v) is 14.3. The number of benzene rings is 3. The average Bonchev–Trinajstić information content (AvgIpc) is 1.66. The van der Waals surface area contributed by atoms with Gasteiger partial charge in [0.15, 0.2) is 5.96 Å². The zero-order valence-electron chi connectivity index (χ0n) is 76.6. The Morgan fingerprint density at radius 1 is 0.466 bits per heavy atom. The Bertz CT molecular complexity index is 4710. The average molecular weight is 1860 g/mol. The van der Waals surface area contributed by atoms with Crippen molar-refractivity contribution in [2.75, 3.05) is 19.7 Å². The predicted molar refractivity (Wildman–Crippen MR) is 481 cm³/mol. The molecule has 133 heavy (non-hydrogen) atoms. The van der Waals surface area contributed by atoms with Gasteiger partial charge in [0.25, 0.3) is 5.97 Å². The van der Waals surface area contributed by atoms with Crippen LogP contribution in [0.3, 0.4) is 0 Å². The molecule has 0 radical (unpaired) electrons. The molecular formula is C89H129N21O23. The highest BCUT2D eigenvalue weighted by Gasteiger charge is 2.44. The molecule has 1 aliphatic heterocycles. The zero-order valence-corrected chi connectivity index (χ0v) is 76.6. The second kappa shape index (κ2) is 54.5. The Labute approximate surface area is 769 Å². The molecular weight excluding hydrogens is 1730 g/mol. The number of amides is 14. The fraction of sp³-hybridized carbons (Fsp3) is 0.528. The number of likely N-dealkylation sites (tertiary alicyclic amines) is 1. The largest absolute Gasteiger partial charge is 0.508 e. The third-order valence-electron chi connectivity index (χ3n) is 21.4. The maximum Gasteiger partial charge on any atom is 0.328 e. The first-order valence-electron chi connectivity index (χ1n) is 43.9. The number of aromatic amines is 2. The van der Waals surface area contributed by atoms with Gasteiger partial charge in [0.2, 0.25) is 82.7 Å². The number of imidazole rings is 2. The van der Waals surface area contributed by atoms with Crippen molar-refractivity contribution < 1.29 is 112 Å². The van der Waals surface area contributed by atoms with Crippen LogP contribution in [0.4, 0.5) is 0 Å². The van der Waals surface area contributed by atoms with Crippen molar-refractivity contribution >= 4 is 107 Å². The van der Waals surface area contributed by atoms with Gasteiger partial charge in [-0.05, 0) is 109 Å². The summed E-state index contributed by atoms with van der Waals surface area (Å²) in [5, 5.41) is 101. The standard InChI is InChI=1S/C87H125N21O21.C2H4O2/c1-12-49(10)72(107-80(122)63(36-53-24-28-57(112)29-25-53)102-82(124)70(47(6)7)105-73(115)58(20-16-30-92-87(88)89)96-78(120)65(39-69(113)114)95-50(11)110)84(126)103-66(38-55-41-91-44-94-55)85(127)108-31-17-21-68(108)81(123)100-61(34-51-18-14-13-15-19-51)75(117)99-64(37-54-40-90-43-93-54)77(119)97-59(32-45(2)3)74(116)98-60(33-46(4)5)79(121)106-71(48(8)9)83(125)101-62(35-52-22-26-56(111)27-23-52)76(118)104-67(42-109)86(128)129;1-2(3)4/h13-15,18-19,22-29,40-41,43-49,58-68,70-72,109,111-112H,12,16-17,20-21,30-39,42H2,1-11H3,(H,90,93)(H,91,94)(H,95,110)(H,96,120)(H,97,119)(H,98,116)(H,99,117)(H,100,123)(H,101,125)(H,102,124)(H,103,126)(H,104,118)(H,105,115)(H,106,121)(H,107,122)(H,113,114)(H,128,129)(H4,88,89,92);1H3,(H,3,4)/t49-,58-,59-,60-,61-,62-,63-,64-,65-,66-,67-,68-,70-,71-,72-;/m0./s1. The molecule has 2 aromatic heterocycles. The lowest BCUT2D eigenvalue weighted by atomic mass is 9.96. The molecule has 15 atom stereocenters. The number of H-pyrrole nitrogens is 2. The number of aliphatic carboxylic acids is 3. The minimum absolute atomic E-state index is 0.00135. The van der Waals surface area contributed by atoms with Crippen LogP contribution in [-0.4, -0.2) is 266 Å². The Kier molecular flexibility index (Phi) is 44.9. The lowest BCUT2D eigenvalue weighted by Gasteiger charge is -2.32. The van der Waals surface area contributed by atoms with E-state index in [1.54, 1.807) is 99.6 Å². The summed E-state index contributed by atoms with van der Waals surface area (Å²) in [6, 6.07) is -0.950. The van der Waals surface area contributed by atoms with E-state index < -0.39 is 222 Å². The lowest BCUT2D eigenvalue weighted by molar-refractivity contribution is -0.143. The lowest BCUT2D eigenvalue weighted by Crippen LogP contribution is -2.62. The Morgan fingerprint density at radius 2 is 0.842 bits per heavy atom. The van der Waals surface area contributed by atoms with E-state index in [1.807, 2.05) is 0 Å². The molecule has 728 valence electrons. The highest BCUT2D eigenvalue weighted by molar-refractivity contribution is 6.01. The smallest absolute Gasteiger partial charge is 0.328 e. The van der Waals surface area contributed by atoms with Crippen LogP contribution < -0.4 is 80.2 Å². The maximum atomic E-state index is 15.4. The van der Waals surface area contributed by atoms with Gasteiger partial charge >= 0.3 is 11.9 Å². The fourth-order valence-electron chi connectivity index (χ4n) is 14.3. The number of nitrogens with two attached hydrogens (primary N) is 1. The van der Waals surface area contributed by atoms with Gasteiger partial charge in [-0.2, -0.15) is 0 Å². The quantitative estimate of drug-likeness (QED) is 0.0123. The number of hydrogen-bond donors (Lipinski definition) is 24. The molecule has 5 aromatic rings. The number of carboxylic acids is 3. The number of carbonyl (C=O) groups is 17. The summed E-state index contributed by atoms with van der Waals surface area (Å²) in [5.74, 6) is -19.5. The van der Waals surface area contributed by atoms with Crippen molar-refractivity contribution in [1.29, 1.82) is 5.41 Å². The highest BCUT2D eigenvalue weighted by atomic mass is 16.4. The zero-order chi connectivity index (χ0) is 99.0.